The van der Waals surface area contributed by atoms with E-state index in [1.807, 2.05) is 17.8 Å². The molecular formula is C20H16F2N4O3S2. The van der Waals surface area contributed by atoms with Gasteiger partial charge in [0.1, 0.15) is 11.5 Å². The van der Waals surface area contributed by atoms with Crippen molar-refractivity contribution in [2.45, 2.75) is 17.5 Å². The van der Waals surface area contributed by atoms with Gasteiger partial charge in [-0.3, -0.25) is 10.1 Å². The lowest BCUT2D eigenvalue weighted by Gasteiger charge is -2.08. The Morgan fingerprint density at radius 2 is 2.16 bits per heavy atom. The molecule has 0 saturated heterocycles. The number of amides is 1. The van der Waals surface area contributed by atoms with E-state index >= 15 is 0 Å². The zero-order valence-corrected chi connectivity index (χ0v) is 17.8. The molecule has 0 aliphatic heterocycles. The number of furan rings is 1. The average molecular weight is 463 g/mol. The Kier molecular flexibility index (Phi) is 6.33. The highest BCUT2D eigenvalue weighted by atomic mass is 32.2. The third-order valence-electron chi connectivity index (χ3n) is 4.11. The highest BCUT2D eigenvalue weighted by Gasteiger charge is 2.17. The van der Waals surface area contributed by atoms with Crippen LogP contribution >= 0.6 is 23.1 Å². The highest BCUT2D eigenvalue weighted by molar-refractivity contribution is 7.98. The SMILES string of the molecule is Cn1ccnc1SCc1ccc(C(=O)Nc2nc(-c3ccccc3OC(F)F)cs2)o1. The molecule has 3 heterocycles. The van der Waals surface area contributed by atoms with Gasteiger partial charge in [0.15, 0.2) is 16.0 Å². The molecule has 1 aromatic carbocycles. The molecule has 0 atom stereocenters. The molecule has 0 aliphatic carbocycles. The number of nitrogens with zero attached hydrogens (tertiary/aromatic N) is 3. The number of aryl methyl sites for hydroxylation is 1. The number of carbonyl (C=O) groups excluding carboxylic acids is 1. The first-order valence-electron chi connectivity index (χ1n) is 8.99. The van der Waals surface area contributed by atoms with Crippen molar-refractivity contribution >= 4 is 34.1 Å². The standard InChI is InChI=1S/C20H16F2N4O3S2/c1-26-9-8-23-20(26)31-10-12-6-7-16(28-12)17(27)25-19-24-14(11-30-19)13-4-2-3-5-15(13)29-18(21)22/h2-9,11,18H,10H2,1H3,(H,24,25,27). The van der Waals surface area contributed by atoms with Crippen LogP contribution in [0.2, 0.25) is 0 Å². The largest absolute Gasteiger partial charge is 0.455 e. The molecule has 3 aromatic heterocycles. The summed E-state index contributed by atoms with van der Waals surface area (Å²) in [5.41, 5.74) is 0.828. The smallest absolute Gasteiger partial charge is 0.387 e. The van der Waals surface area contributed by atoms with Gasteiger partial charge in [-0.25, -0.2) is 9.97 Å². The molecule has 160 valence electrons. The van der Waals surface area contributed by atoms with Crippen molar-refractivity contribution in [2.75, 3.05) is 5.32 Å². The lowest BCUT2D eigenvalue weighted by molar-refractivity contribution is -0.0494. The van der Waals surface area contributed by atoms with Gasteiger partial charge in [0, 0.05) is 30.4 Å². The molecule has 0 unspecified atom stereocenters. The molecule has 0 radical (unpaired) electrons. The number of carbonyl (C=O) groups is 1. The lowest BCUT2D eigenvalue weighted by Crippen LogP contribution is -2.10. The van der Waals surface area contributed by atoms with E-state index in [0.717, 1.165) is 5.16 Å². The summed E-state index contributed by atoms with van der Waals surface area (Å²) in [5.74, 6) is 0.873. The number of thiazole rings is 1. The number of para-hydroxylation sites is 1. The molecular weight excluding hydrogens is 446 g/mol. The number of thioether (sulfide) groups is 1. The van der Waals surface area contributed by atoms with Crippen molar-refractivity contribution in [1.82, 2.24) is 14.5 Å². The summed E-state index contributed by atoms with van der Waals surface area (Å²) in [6, 6.07) is 9.67. The first-order chi connectivity index (χ1) is 15.0. The van der Waals surface area contributed by atoms with Crippen molar-refractivity contribution in [2.24, 2.45) is 7.05 Å². The van der Waals surface area contributed by atoms with E-state index in [1.165, 1.54) is 29.2 Å². The molecule has 0 spiro atoms. The molecule has 4 aromatic rings. The minimum absolute atomic E-state index is 0.0153. The molecule has 0 fully saturated rings. The van der Waals surface area contributed by atoms with Crippen molar-refractivity contribution in [1.29, 1.82) is 0 Å². The van der Waals surface area contributed by atoms with Gasteiger partial charge in [-0.15, -0.1) is 11.3 Å². The van der Waals surface area contributed by atoms with Crippen molar-refractivity contribution in [3.63, 3.8) is 0 Å². The first kappa shape index (κ1) is 21.1. The fourth-order valence-corrected chi connectivity index (χ4v) is 4.23. The topological polar surface area (TPSA) is 82.2 Å². The summed E-state index contributed by atoms with van der Waals surface area (Å²) in [6.07, 6.45) is 3.56. The molecule has 1 amide bonds. The number of imidazole rings is 1. The first-order valence-corrected chi connectivity index (χ1v) is 10.9. The summed E-state index contributed by atoms with van der Waals surface area (Å²) >= 11 is 2.66. The molecule has 4 rings (SSSR count). The van der Waals surface area contributed by atoms with Crippen molar-refractivity contribution < 1.29 is 22.7 Å². The highest BCUT2D eigenvalue weighted by Crippen LogP contribution is 2.33. The Labute approximate surface area is 184 Å². The Morgan fingerprint density at radius 1 is 1.32 bits per heavy atom. The van der Waals surface area contributed by atoms with E-state index in [2.05, 4.69) is 20.0 Å². The molecule has 31 heavy (non-hydrogen) atoms. The maximum absolute atomic E-state index is 12.6. The van der Waals surface area contributed by atoms with Crippen LogP contribution in [0.4, 0.5) is 13.9 Å². The number of hydrogen-bond acceptors (Lipinski definition) is 7. The van der Waals surface area contributed by atoms with Gasteiger partial charge in [0.25, 0.3) is 5.91 Å². The number of alkyl halides is 2. The molecule has 11 heteroatoms. The average Bonchev–Trinajstić information content (AvgIpc) is 3.48. The summed E-state index contributed by atoms with van der Waals surface area (Å²) < 4.78 is 37.3. The predicted molar refractivity (Wildman–Crippen MR) is 114 cm³/mol. The second-order valence-corrected chi connectivity index (χ2v) is 8.04. The Balaban J connectivity index is 1.41. The van der Waals surface area contributed by atoms with Crippen LogP contribution in [0, 0.1) is 0 Å². The van der Waals surface area contributed by atoms with Crippen LogP contribution < -0.4 is 10.1 Å². The van der Waals surface area contributed by atoms with Crippen LogP contribution in [0.5, 0.6) is 5.75 Å². The number of aromatic nitrogens is 3. The molecule has 0 aliphatic rings. The van der Waals surface area contributed by atoms with Gasteiger partial charge >= 0.3 is 6.61 Å². The van der Waals surface area contributed by atoms with E-state index in [9.17, 15) is 13.6 Å². The maximum Gasteiger partial charge on any atom is 0.387 e. The number of ether oxygens (including phenoxy) is 1. The van der Waals surface area contributed by atoms with E-state index < -0.39 is 12.5 Å². The van der Waals surface area contributed by atoms with E-state index in [1.54, 1.807) is 41.9 Å². The number of nitrogens with one attached hydrogen (secondary N) is 1. The number of anilines is 1. The third kappa shape index (κ3) is 5.12. The predicted octanol–water partition coefficient (Wildman–Crippen LogP) is 5.28. The Hall–Kier alpha value is -3.18. The van der Waals surface area contributed by atoms with Gasteiger partial charge in [-0.1, -0.05) is 23.9 Å². The Bertz CT molecular complexity index is 1190. The lowest BCUT2D eigenvalue weighted by atomic mass is 10.1. The van der Waals surface area contributed by atoms with Gasteiger partial charge in [-0.2, -0.15) is 8.78 Å². The number of benzene rings is 1. The summed E-state index contributed by atoms with van der Waals surface area (Å²) in [7, 11) is 1.90. The number of hydrogen-bond donors (Lipinski definition) is 1. The minimum Gasteiger partial charge on any atom is -0.455 e. The van der Waals surface area contributed by atoms with E-state index in [4.69, 9.17) is 4.42 Å². The van der Waals surface area contributed by atoms with Gasteiger partial charge in [-0.05, 0) is 24.3 Å². The third-order valence-corrected chi connectivity index (χ3v) is 5.95. The van der Waals surface area contributed by atoms with Crippen LogP contribution in [-0.4, -0.2) is 27.1 Å². The fraction of sp³-hybridized carbons (Fsp3) is 0.150. The normalized spacial score (nSPS) is 11.1. The van der Waals surface area contributed by atoms with Crippen molar-refractivity contribution in [3.05, 3.63) is 65.7 Å². The molecule has 7 nitrogen and oxygen atoms in total. The van der Waals surface area contributed by atoms with Gasteiger partial charge in [0.05, 0.1) is 11.4 Å². The summed E-state index contributed by atoms with van der Waals surface area (Å²) in [4.78, 5) is 21.0. The Morgan fingerprint density at radius 3 is 2.94 bits per heavy atom. The second-order valence-electron chi connectivity index (χ2n) is 6.24. The number of rotatable bonds is 8. The van der Waals surface area contributed by atoms with E-state index in [0.29, 0.717) is 27.9 Å². The van der Waals surface area contributed by atoms with Crippen LogP contribution in [0.15, 0.2) is 63.7 Å². The second kappa shape index (κ2) is 9.31. The maximum atomic E-state index is 12.6. The molecule has 1 N–H and O–H groups in total. The quantitative estimate of drug-likeness (QED) is 0.359. The van der Waals surface area contributed by atoms with Crippen molar-refractivity contribution in [3.8, 4) is 17.0 Å². The van der Waals surface area contributed by atoms with Crippen LogP contribution in [0.3, 0.4) is 0 Å². The van der Waals surface area contributed by atoms with Crippen LogP contribution in [0.1, 0.15) is 16.3 Å². The molecule has 0 bridgehead atoms. The summed E-state index contributed by atoms with van der Waals surface area (Å²) in [5, 5.41) is 5.47. The zero-order chi connectivity index (χ0) is 21.8. The monoisotopic (exact) mass is 462 g/mol. The minimum atomic E-state index is -2.94. The fourth-order valence-electron chi connectivity index (χ4n) is 2.69. The van der Waals surface area contributed by atoms with E-state index in [-0.39, 0.29) is 11.5 Å². The molecule has 0 saturated carbocycles. The van der Waals surface area contributed by atoms with Gasteiger partial charge in [0.2, 0.25) is 0 Å². The van der Waals surface area contributed by atoms with Crippen LogP contribution in [0.25, 0.3) is 11.3 Å². The van der Waals surface area contributed by atoms with Gasteiger partial charge < -0.3 is 13.7 Å². The summed E-state index contributed by atoms with van der Waals surface area (Å²) in [6.45, 7) is -2.94. The number of halogens is 2. The zero-order valence-electron chi connectivity index (χ0n) is 16.1. The van der Waals surface area contributed by atoms with Crippen LogP contribution in [-0.2, 0) is 12.8 Å².